The highest BCUT2D eigenvalue weighted by Crippen LogP contribution is 2.42. The summed E-state index contributed by atoms with van der Waals surface area (Å²) >= 11 is 0. The molecule has 3 N–H and O–H groups in total. The van der Waals surface area contributed by atoms with Gasteiger partial charge in [-0.2, -0.15) is 0 Å². The van der Waals surface area contributed by atoms with Gasteiger partial charge in [0.15, 0.2) is 11.5 Å². The zero-order valence-corrected chi connectivity index (χ0v) is 22.0. The molecular formula is C25H37N3O6S. The first-order chi connectivity index (χ1) is 16.5. The van der Waals surface area contributed by atoms with Crippen molar-refractivity contribution in [1.82, 2.24) is 4.90 Å². The SMILES string of the molecule is C=C(C)/C(=C\C=C\S(=O)(=O)Nc1cc(OC)c(OC)c(OC2CC[C@H](CC)C2)c1)N(CC)C(N)=O. The molecule has 1 aromatic rings. The number of benzene rings is 1. The van der Waals surface area contributed by atoms with Gasteiger partial charge < -0.3 is 19.9 Å². The van der Waals surface area contributed by atoms with E-state index in [0.717, 1.165) is 31.1 Å². The number of carbonyl (C=O) groups is 1. The maximum atomic E-state index is 12.7. The van der Waals surface area contributed by atoms with E-state index in [-0.39, 0.29) is 11.8 Å². The van der Waals surface area contributed by atoms with Crippen LogP contribution in [0.15, 0.2) is 47.5 Å². The number of sulfonamides is 1. The number of rotatable bonds is 12. The molecule has 35 heavy (non-hydrogen) atoms. The lowest BCUT2D eigenvalue weighted by molar-refractivity contribution is 0.193. The molecule has 9 nitrogen and oxygen atoms in total. The Hall–Kier alpha value is -3.14. The van der Waals surface area contributed by atoms with Crippen LogP contribution in [0.5, 0.6) is 17.2 Å². The average molecular weight is 508 g/mol. The Morgan fingerprint density at radius 2 is 1.91 bits per heavy atom. The van der Waals surface area contributed by atoms with Crippen molar-refractivity contribution in [2.24, 2.45) is 11.7 Å². The molecule has 1 fully saturated rings. The number of likely N-dealkylation sites (N-methyl/N-ethyl adjacent to an activating group) is 1. The van der Waals surface area contributed by atoms with E-state index in [2.05, 4.69) is 18.2 Å². The van der Waals surface area contributed by atoms with Gasteiger partial charge in [-0.05, 0) is 56.8 Å². The molecule has 0 saturated heterocycles. The molecular weight excluding hydrogens is 470 g/mol. The molecule has 10 heteroatoms. The van der Waals surface area contributed by atoms with Crippen LogP contribution in [0.25, 0.3) is 0 Å². The zero-order valence-electron chi connectivity index (χ0n) is 21.2. The number of amides is 2. The Bertz CT molecular complexity index is 1080. The van der Waals surface area contributed by atoms with Gasteiger partial charge in [-0.1, -0.05) is 19.9 Å². The van der Waals surface area contributed by atoms with E-state index in [0.29, 0.717) is 41.0 Å². The lowest BCUT2D eigenvalue weighted by atomic mass is 10.1. The normalized spacial score (nSPS) is 18.4. The van der Waals surface area contributed by atoms with Gasteiger partial charge in [0.2, 0.25) is 5.75 Å². The number of hydrogen-bond donors (Lipinski definition) is 2. The summed E-state index contributed by atoms with van der Waals surface area (Å²) in [6, 6.07) is 2.47. The number of nitrogens with zero attached hydrogens (tertiary/aromatic N) is 1. The van der Waals surface area contributed by atoms with E-state index in [4.69, 9.17) is 19.9 Å². The van der Waals surface area contributed by atoms with E-state index in [1.54, 1.807) is 19.9 Å². The molecule has 1 unspecified atom stereocenters. The van der Waals surface area contributed by atoms with Crippen LogP contribution < -0.4 is 24.7 Å². The van der Waals surface area contributed by atoms with Gasteiger partial charge in [0, 0.05) is 24.4 Å². The summed E-state index contributed by atoms with van der Waals surface area (Å²) in [5.74, 6) is 1.79. The molecule has 0 aliphatic heterocycles. The molecule has 194 valence electrons. The molecule has 1 saturated carbocycles. The zero-order chi connectivity index (χ0) is 26.2. The van der Waals surface area contributed by atoms with Gasteiger partial charge in [-0.3, -0.25) is 9.62 Å². The number of methoxy groups -OCH3 is 2. The van der Waals surface area contributed by atoms with Gasteiger partial charge in [0.25, 0.3) is 10.0 Å². The second kappa shape index (κ2) is 12.5. The minimum atomic E-state index is -3.90. The van der Waals surface area contributed by atoms with Gasteiger partial charge in [-0.25, -0.2) is 13.2 Å². The molecule has 2 rings (SSSR count). The third kappa shape index (κ3) is 7.68. The van der Waals surface area contributed by atoms with Gasteiger partial charge in [-0.15, -0.1) is 0 Å². The summed E-state index contributed by atoms with van der Waals surface area (Å²) in [7, 11) is -0.913. The van der Waals surface area contributed by atoms with Crippen molar-refractivity contribution in [3.05, 3.63) is 47.5 Å². The van der Waals surface area contributed by atoms with Crippen molar-refractivity contribution >= 4 is 21.7 Å². The smallest absolute Gasteiger partial charge is 0.319 e. The van der Waals surface area contributed by atoms with Crippen LogP contribution in [-0.2, 0) is 10.0 Å². The molecule has 0 bridgehead atoms. The highest BCUT2D eigenvalue weighted by molar-refractivity contribution is 7.95. The lowest BCUT2D eigenvalue weighted by Crippen LogP contribution is -2.35. The van der Waals surface area contributed by atoms with Gasteiger partial charge in [0.05, 0.1) is 31.4 Å². The topological polar surface area (TPSA) is 120 Å². The first kappa shape index (κ1) is 28.1. The summed E-state index contributed by atoms with van der Waals surface area (Å²) in [4.78, 5) is 13.0. The van der Waals surface area contributed by atoms with Crippen LogP contribution in [0, 0.1) is 5.92 Å². The summed E-state index contributed by atoms with van der Waals surface area (Å²) in [6.07, 6.45) is 6.90. The van der Waals surface area contributed by atoms with Crippen LogP contribution >= 0.6 is 0 Å². The second-order valence-corrected chi connectivity index (χ2v) is 9.99. The van der Waals surface area contributed by atoms with Crippen LogP contribution in [0.3, 0.4) is 0 Å². The predicted octanol–water partition coefficient (Wildman–Crippen LogP) is 4.78. The molecule has 0 radical (unpaired) electrons. The first-order valence-electron chi connectivity index (χ1n) is 11.6. The fourth-order valence-electron chi connectivity index (χ4n) is 4.10. The van der Waals surface area contributed by atoms with Crippen molar-refractivity contribution in [3.63, 3.8) is 0 Å². The standard InChI is InChI=1S/C25H37N3O6S/c1-7-18-11-12-20(14-18)34-23-16-19(15-22(32-5)24(23)33-6)27-35(30,31)13-9-10-21(17(3)4)28(8-2)25(26)29/h9-10,13,15-16,18,20,27H,3,7-8,11-12,14H2,1-2,4-6H3,(H2,26,29)/b13-9+,21-10+/t18-,20?/m0/s1. The fraction of sp³-hybridized carbons (Fsp3) is 0.480. The van der Waals surface area contributed by atoms with Crippen molar-refractivity contribution in [2.45, 2.75) is 52.6 Å². The minimum absolute atomic E-state index is 0.0303. The average Bonchev–Trinajstić information content (AvgIpc) is 3.25. The van der Waals surface area contributed by atoms with Gasteiger partial charge in [0.1, 0.15) is 0 Å². The summed E-state index contributed by atoms with van der Waals surface area (Å²) in [5.41, 5.74) is 6.66. The molecule has 1 aromatic carbocycles. The van der Waals surface area contributed by atoms with Crippen molar-refractivity contribution < 1.29 is 27.4 Å². The molecule has 0 spiro atoms. The van der Waals surface area contributed by atoms with E-state index in [1.165, 1.54) is 37.3 Å². The summed E-state index contributed by atoms with van der Waals surface area (Å²) in [6.45, 7) is 9.78. The third-order valence-corrected chi connectivity index (χ3v) is 6.93. The third-order valence-electron chi connectivity index (χ3n) is 5.89. The van der Waals surface area contributed by atoms with E-state index in [1.807, 2.05) is 0 Å². The number of hydrogen-bond acceptors (Lipinski definition) is 6. The monoisotopic (exact) mass is 507 g/mol. The quantitative estimate of drug-likeness (QED) is 0.393. The number of nitrogens with two attached hydrogens (primary N) is 1. The minimum Gasteiger partial charge on any atom is -0.493 e. The summed E-state index contributed by atoms with van der Waals surface area (Å²) in [5, 5.41) is 0.991. The Morgan fingerprint density at radius 1 is 1.23 bits per heavy atom. The lowest BCUT2D eigenvalue weighted by Gasteiger charge is -2.21. The molecule has 1 aliphatic carbocycles. The predicted molar refractivity (Wildman–Crippen MR) is 138 cm³/mol. The molecule has 0 heterocycles. The number of urea groups is 1. The first-order valence-corrected chi connectivity index (χ1v) is 13.2. The maximum Gasteiger partial charge on any atom is 0.319 e. The van der Waals surface area contributed by atoms with Crippen molar-refractivity contribution in [1.29, 1.82) is 0 Å². The van der Waals surface area contributed by atoms with Crippen molar-refractivity contribution in [3.8, 4) is 17.2 Å². The Labute approximate surface area is 208 Å². The van der Waals surface area contributed by atoms with Crippen LogP contribution in [0.4, 0.5) is 10.5 Å². The Balaban J connectivity index is 2.30. The Morgan fingerprint density at radius 3 is 2.43 bits per heavy atom. The molecule has 0 aromatic heterocycles. The van der Waals surface area contributed by atoms with E-state index < -0.39 is 16.1 Å². The Kier molecular flexibility index (Phi) is 10.1. The maximum absolute atomic E-state index is 12.7. The number of primary amides is 1. The van der Waals surface area contributed by atoms with Gasteiger partial charge >= 0.3 is 6.03 Å². The van der Waals surface area contributed by atoms with E-state index >= 15 is 0 Å². The number of carbonyl (C=O) groups excluding carboxylic acids is 1. The fourth-order valence-corrected chi connectivity index (χ4v) is 4.90. The number of anilines is 1. The van der Waals surface area contributed by atoms with Crippen LogP contribution in [-0.4, -0.2) is 46.2 Å². The number of ether oxygens (including phenoxy) is 3. The summed E-state index contributed by atoms with van der Waals surface area (Å²) < 4.78 is 45.1. The van der Waals surface area contributed by atoms with E-state index in [9.17, 15) is 13.2 Å². The highest BCUT2D eigenvalue weighted by atomic mass is 32.2. The number of allylic oxidation sites excluding steroid dienone is 3. The van der Waals surface area contributed by atoms with Crippen LogP contribution in [0.2, 0.25) is 0 Å². The van der Waals surface area contributed by atoms with Crippen molar-refractivity contribution in [2.75, 3.05) is 25.5 Å². The molecule has 2 atom stereocenters. The second-order valence-electron chi connectivity index (χ2n) is 8.43. The largest absolute Gasteiger partial charge is 0.493 e. The van der Waals surface area contributed by atoms with Crippen LogP contribution in [0.1, 0.15) is 46.5 Å². The molecule has 2 amide bonds. The number of nitrogens with one attached hydrogen (secondary N) is 1. The molecule has 1 aliphatic rings. The highest BCUT2D eigenvalue weighted by Gasteiger charge is 2.27.